The van der Waals surface area contributed by atoms with Crippen LogP contribution in [0.3, 0.4) is 0 Å². The summed E-state index contributed by atoms with van der Waals surface area (Å²) < 4.78 is 42.4. The van der Waals surface area contributed by atoms with E-state index in [0.717, 1.165) is 24.1 Å². The Balaban J connectivity index is 2.27. The lowest BCUT2D eigenvalue weighted by Crippen LogP contribution is -2.33. The molecule has 124 valence electrons. The molecule has 1 aromatic carbocycles. The number of benzene rings is 1. The highest BCUT2D eigenvalue weighted by atomic mass is 19.4. The van der Waals surface area contributed by atoms with Crippen molar-refractivity contribution in [3.8, 4) is 0 Å². The van der Waals surface area contributed by atoms with E-state index in [1.807, 2.05) is 6.92 Å². The molecule has 0 heterocycles. The fraction of sp³-hybridized carbons (Fsp3) is 0.533. The van der Waals surface area contributed by atoms with Gasteiger partial charge in [0.15, 0.2) is 5.96 Å². The quantitative estimate of drug-likeness (QED) is 0.440. The number of nitrogens with zero attached hydrogens (tertiary/aromatic N) is 1. The second-order valence-electron chi connectivity index (χ2n) is 4.69. The standard InChI is InChI=1S/C15H22F3N3O/c1-2-22-11-3-9-20-14(19)21-10-8-12-4-6-13(7-5-12)15(16,17)18/h4-7H,2-3,8-11H2,1H3,(H3,19,20,21). The first kappa shape index (κ1) is 18.3. The van der Waals surface area contributed by atoms with Crippen molar-refractivity contribution in [3.63, 3.8) is 0 Å². The minimum absolute atomic E-state index is 0.336. The van der Waals surface area contributed by atoms with Gasteiger partial charge in [-0.3, -0.25) is 4.99 Å². The minimum Gasteiger partial charge on any atom is -0.382 e. The van der Waals surface area contributed by atoms with Crippen LogP contribution in [0, 0.1) is 0 Å². The second kappa shape index (κ2) is 9.30. The maximum atomic E-state index is 12.4. The number of rotatable bonds is 8. The first-order valence-corrected chi connectivity index (χ1v) is 7.21. The van der Waals surface area contributed by atoms with Gasteiger partial charge < -0.3 is 15.8 Å². The predicted molar refractivity (Wildman–Crippen MR) is 80.8 cm³/mol. The van der Waals surface area contributed by atoms with Crippen LogP contribution >= 0.6 is 0 Å². The van der Waals surface area contributed by atoms with E-state index >= 15 is 0 Å². The molecular weight excluding hydrogens is 295 g/mol. The maximum absolute atomic E-state index is 12.4. The fourth-order valence-corrected chi connectivity index (χ4v) is 1.76. The summed E-state index contributed by atoms with van der Waals surface area (Å²) in [5, 5.41) is 2.93. The van der Waals surface area contributed by atoms with Gasteiger partial charge in [0.05, 0.1) is 5.56 Å². The Morgan fingerprint density at radius 1 is 1.27 bits per heavy atom. The van der Waals surface area contributed by atoms with Crippen LogP contribution in [0.1, 0.15) is 24.5 Å². The highest BCUT2D eigenvalue weighted by molar-refractivity contribution is 5.77. The predicted octanol–water partition coefficient (Wildman–Crippen LogP) is 2.58. The van der Waals surface area contributed by atoms with E-state index in [-0.39, 0.29) is 0 Å². The molecule has 3 N–H and O–H groups in total. The van der Waals surface area contributed by atoms with Crippen molar-refractivity contribution in [2.45, 2.75) is 25.9 Å². The van der Waals surface area contributed by atoms with Crippen LogP contribution in [0.4, 0.5) is 13.2 Å². The molecule has 0 fully saturated rings. The molecule has 7 heteroatoms. The number of alkyl halides is 3. The Morgan fingerprint density at radius 3 is 2.55 bits per heavy atom. The van der Waals surface area contributed by atoms with Crippen molar-refractivity contribution in [3.05, 3.63) is 35.4 Å². The largest absolute Gasteiger partial charge is 0.416 e. The molecule has 0 radical (unpaired) electrons. The van der Waals surface area contributed by atoms with Crippen LogP contribution in [0.15, 0.2) is 29.3 Å². The summed E-state index contributed by atoms with van der Waals surface area (Å²) in [5.74, 6) is 0.336. The number of hydrogen-bond donors (Lipinski definition) is 2. The summed E-state index contributed by atoms with van der Waals surface area (Å²) in [5.41, 5.74) is 5.85. The first-order valence-electron chi connectivity index (χ1n) is 7.21. The zero-order valence-corrected chi connectivity index (χ0v) is 12.6. The number of ether oxygens (including phenoxy) is 1. The molecule has 22 heavy (non-hydrogen) atoms. The third kappa shape index (κ3) is 7.31. The number of nitrogens with one attached hydrogen (secondary N) is 1. The molecule has 0 aliphatic rings. The van der Waals surface area contributed by atoms with E-state index in [9.17, 15) is 13.2 Å². The van der Waals surface area contributed by atoms with Crippen LogP contribution in [-0.2, 0) is 17.3 Å². The maximum Gasteiger partial charge on any atom is 0.416 e. The van der Waals surface area contributed by atoms with Crippen molar-refractivity contribution in [2.24, 2.45) is 10.7 Å². The average Bonchev–Trinajstić information content (AvgIpc) is 2.46. The summed E-state index contributed by atoms with van der Waals surface area (Å²) in [7, 11) is 0. The van der Waals surface area contributed by atoms with Gasteiger partial charge in [0, 0.05) is 26.3 Å². The van der Waals surface area contributed by atoms with E-state index in [4.69, 9.17) is 10.5 Å². The molecule has 0 spiro atoms. The van der Waals surface area contributed by atoms with Gasteiger partial charge in [0.25, 0.3) is 0 Å². The number of halogens is 3. The molecule has 1 rings (SSSR count). The van der Waals surface area contributed by atoms with Gasteiger partial charge in [-0.25, -0.2) is 0 Å². The molecule has 4 nitrogen and oxygen atoms in total. The van der Waals surface area contributed by atoms with Crippen molar-refractivity contribution in [1.82, 2.24) is 5.32 Å². The topological polar surface area (TPSA) is 59.6 Å². The first-order chi connectivity index (χ1) is 10.4. The molecule has 0 aromatic heterocycles. The number of guanidine groups is 1. The third-order valence-electron chi connectivity index (χ3n) is 2.93. The van der Waals surface area contributed by atoms with Crippen LogP contribution in [-0.4, -0.2) is 32.3 Å². The highest BCUT2D eigenvalue weighted by Gasteiger charge is 2.29. The minimum atomic E-state index is -4.30. The zero-order valence-electron chi connectivity index (χ0n) is 12.6. The molecule has 0 atom stereocenters. The molecule has 0 unspecified atom stereocenters. The van der Waals surface area contributed by atoms with Crippen molar-refractivity contribution in [2.75, 3.05) is 26.3 Å². The van der Waals surface area contributed by atoms with Crippen LogP contribution in [0.2, 0.25) is 0 Å². The Kier molecular flexibility index (Phi) is 7.73. The number of hydrogen-bond acceptors (Lipinski definition) is 2. The molecule has 0 aliphatic carbocycles. The average molecular weight is 317 g/mol. The van der Waals surface area contributed by atoms with E-state index in [0.29, 0.717) is 38.7 Å². The SMILES string of the molecule is CCOCCCN=C(N)NCCc1ccc(C(F)(F)F)cc1. The second-order valence-corrected chi connectivity index (χ2v) is 4.69. The molecule has 0 aliphatic heterocycles. The molecule has 0 saturated carbocycles. The smallest absolute Gasteiger partial charge is 0.382 e. The van der Waals surface area contributed by atoms with Gasteiger partial charge in [-0.2, -0.15) is 13.2 Å². The zero-order chi connectivity index (χ0) is 16.4. The van der Waals surface area contributed by atoms with Gasteiger partial charge >= 0.3 is 6.18 Å². The number of aliphatic imine (C=N–C) groups is 1. The Morgan fingerprint density at radius 2 is 1.95 bits per heavy atom. The van der Waals surface area contributed by atoms with Crippen molar-refractivity contribution >= 4 is 5.96 Å². The summed E-state index contributed by atoms with van der Waals surface area (Å²) in [6, 6.07) is 5.11. The molecule has 0 amide bonds. The van der Waals surface area contributed by atoms with Crippen LogP contribution < -0.4 is 11.1 Å². The Bertz CT molecular complexity index is 458. The molecule has 0 bridgehead atoms. The van der Waals surface area contributed by atoms with Gasteiger partial charge in [-0.05, 0) is 37.5 Å². The van der Waals surface area contributed by atoms with E-state index < -0.39 is 11.7 Å². The normalized spacial score (nSPS) is 12.5. The fourth-order valence-electron chi connectivity index (χ4n) is 1.76. The van der Waals surface area contributed by atoms with Gasteiger partial charge in [0.2, 0.25) is 0 Å². The van der Waals surface area contributed by atoms with Gasteiger partial charge in [0.1, 0.15) is 0 Å². The van der Waals surface area contributed by atoms with Crippen molar-refractivity contribution < 1.29 is 17.9 Å². The summed E-state index contributed by atoms with van der Waals surface area (Å²) in [6.07, 6.45) is -2.92. The Hall–Kier alpha value is -1.76. The molecule has 1 aromatic rings. The monoisotopic (exact) mass is 317 g/mol. The Labute approximate surface area is 128 Å². The summed E-state index contributed by atoms with van der Waals surface area (Å²) in [6.45, 7) is 4.37. The lowest BCUT2D eigenvalue weighted by atomic mass is 10.1. The van der Waals surface area contributed by atoms with E-state index in [1.54, 1.807) is 0 Å². The third-order valence-corrected chi connectivity index (χ3v) is 2.93. The van der Waals surface area contributed by atoms with Gasteiger partial charge in [-0.15, -0.1) is 0 Å². The van der Waals surface area contributed by atoms with E-state index in [1.165, 1.54) is 12.1 Å². The van der Waals surface area contributed by atoms with Crippen LogP contribution in [0.5, 0.6) is 0 Å². The lowest BCUT2D eigenvalue weighted by molar-refractivity contribution is -0.137. The number of nitrogens with two attached hydrogens (primary N) is 1. The highest BCUT2D eigenvalue weighted by Crippen LogP contribution is 2.29. The summed E-state index contributed by atoms with van der Waals surface area (Å²) in [4.78, 5) is 4.13. The summed E-state index contributed by atoms with van der Waals surface area (Å²) >= 11 is 0. The molecular formula is C15H22F3N3O. The van der Waals surface area contributed by atoms with Gasteiger partial charge in [-0.1, -0.05) is 12.1 Å². The van der Waals surface area contributed by atoms with Crippen molar-refractivity contribution in [1.29, 1.82) is 0 Å². The van der Waals surface area contributed by atoms with E-state index in [2.05, 4.69) is 10.3 Å². The molecule has 0 saturated heterocycles. The lowest BCUT2D eigenvalue weighted by Gasteiger charge is -2.08. The van der Waals surface area contributed by atoms with Crippen LogP contribution in [0.25, 0.3) is 0 Å².